The van der Waals surface area contributed by atoms with Crippen molar-refractivity contribution in [1.82, 2.24) is 20.4 Å². The lowest BCUT2D eigenvalue weighted by Gasteiger charge is -2.26. The average molecular weight is 288 g/mol. The molecule has 6 nitrogen and oxygen atoms in total. The van der Waals surface area contributed by atoms with Crippen molar-refractivity contribution in [1.29, 1.82) is 0 Å². The van der Waals surface area contributed by atoms with Crippen molar-refractivity contribution >= 4 is 0 Å². The first-order valence-corrected chi connectivity index (χ1v) is 7.30. The van der Waals surface area contributed by atoms with Crippen LogP contribution in [0.3, 0.4) is 0 Å². The van der Waals surface area contributed by atoms with E-state index in [1.165, 1.54) is 0 Å². The van der Waals surface area contributed by atoms with Gasteiger partial charge in [0.1, 0.15) is 5.75 Å². The molecule has 112 valence electrons. The molecule has 1 fully saturated rings. The zero-order valence-electron chi connectivity index (χ0n) is 12.4. The number of nitrogens with zero attached hydrogens (tertiary/aromatic N) is 3. The highest BCUT2D eigenvalue weighted by Crippen LogP contribution is 2.37. The van der Waals surface area contributed by atoms with Gasteiger partial charge in [-0.15, -0.1) is 0 Å². The van der Waals surface area contributed by atoms with E-state index < -0.39 is 0 Å². The molecule has 0 amide bonds. The number of hydrogen-bond donors (Lipinski definition) is 2. The molecule has 2 aromatic heterocycles. The quantitative estimate of drug-likeness (QED) is 0.898. The van der Waals surface area contributed by atoms with Gasteiger partial charge in [0.05, 0.1) is 11.2 Å². The van der Waals surface area contributed by atoms with Crippen LogP contribution in [0.15, 0.2) is 16.7 Å². The van der Waals surface area contributed by atoms with E-state index in [1.807, 2.05) is 6.92 Å². The number of nitrogens with one attached hydrogen (secondary N) is 1. The van der Waals surface area contributed by atoms with Gasteiger partial charge < -0.3 is 9.63 Å². The van der Waals surface area contributed by atoms with Crippen LogP contribution in [-0.4, -0.2) is 20.2 Å². The average Bonchev–Trinajstić information content (AvgIpc) is 3.10. The fraction of sp³-hybridized carbons (Fsp3) is 0.533. The molecule has 0 aliphatic heterocycles. The summed E-state index contributed by atoms with van der Waals surface area (Å²) in [6.07, 6.45) is 4.21. The Hall–Kier alpha value is -1.95. The summed E-state index contributed by atoms with van der Waals surface area (Å²) in [5.74, 6) is 1.50. The first-order valence-electron chi connectivity index (χ1n) is 7.30. The Kier molecular flexibility index (Phi) is 3.63. The molecule has 0 atom stereocenters. The molecule has 1 aliphatic carbocycles. The summed E-state index contributed by atoms with van der Waals surface area (Å²) in [5, 5.41) is 17.5. The Labute approximate surface area is 123 Å². The van der Waals surface area contributed by atoms with E-state index in [-0.39, 0.29) is 11.3 Å². The Morgan fingerprint density at radius 1 is 1.24 bits per heavy atom. The number of aromatic hydroxyl groups is 1. The van der Waals surface area contributed by atoms with Gasteiger partial charge in [-0.25, -0.2) is 0 Å². The molecule has 0 unspecified atom stereocenters. The Balaban J connectivity index is 1.82. The van der Waals surface area contributed by atoms with Crippen molar-refractivity contribution in [2.45, 2.75) is 51.6 Å². The van der Waals surface area contributed by atoms with Gasteiger partial charge in [-0.05, 0) is 31.9 Å². The van der Waals surface area contributed by atoms with Gasteiger partial charge in [-0.1, -0.05) is 18.0 Å². The lowest BCUT2D eigenvalue weighted by Crippen LogP contribution is -2.40. The second-order valence-corrected chi connectivity index (χ2v) is 5.70. The number of aryl methyl sites for hydroxylation is 2. The summed E-state index contributed by atoms with van der Waals surface area (Å²) in [4.78, 5) is 8.78. The van der Waals surface area contributed by atoms with E-state index in [4.69, 9.17) is 4.52 Å². The van der Waals surface area contributed by atoms with E-state index in [9.17, 15) is 5.11 Å². The lowest BCUT2D eigenvalue weighted by atomic mass is 9.96. The molecule has 1 aliphatic rings. The monoisotopic (exact) mass is 288 g/mol. The Morgan fingerprint density at radius 2 is 2.00 bits per heavy atom. The van der Waals surface area contributed by atoms with Gasteiger partial charge in [0, 0.05) is 19.2 Å². The SMILES string of the molecule is Cc1ccc(O)c(CNC2(c3noc(C)n3)CCCC2)n1. The fourth-order valence-corrected chi connectivity index (χ4v) is 2.94. The van der Waals surface area contributed by atoms with Crippen molar-refractivity contribution in [2.75, 3.05) is 0 Å². The molecule has 2 N–H and O–H groups in total. The van der Waals surface area contributed by atoms with E-state index in [0.29, 0.717) is 24.0 Å². The third kappa shape index (κ3) is 2.76. The molecule has 3 rings (SSSR count). The highest BCUT2D eigenvalue weighted by Gasteiger charge is 2.39. The van der Waals surface area contributed by atoms with Crippen molar-refractivity contribution in [3.8, 4) is 5.75 Å². The van der Waals surface area contributed by atoms with Gasteiger partial charge in [-0.2, -0.15) is 4.98 Å². The van der Waals surface area contributed by atoms with Crippen LogP contribution in [0.1, 0.15) is 48.8 Å². The van der Waals surface area contributed by atoms with Crippen LogP contribution in [0.2, 0.25) is 0 Å². The summed E-state index contributed by atoms with van der Waals surface area (Å²) in [5.41, 5.74) is 1.28. The Morgan fingerprint density at radius 3 is 2.67 bits per heavy atom. The summed E-state index contributed by atoms with van der Waals surface area (Å²) in [6, 6.07) is 3.48. The summed E-state index contributed by atoms with van der Waals surface area (Å²) < 4.78 is 5.13. The van der Waals surface area contributed by atoms with Crippen molar-refractivity contribution in [3.05, 3.63) is 35.2 Å². The van der Waals surface area contributed by atoms with Crippen molar-refractivity contribution in [3.63, 3.8) is 0 Å². The van der Waals surface area contributed by atoms with Crippen LogP contribution in [-0.2, 0) is 12.1 Å². The van der Waals surface area contributed by atoms with Crippen LogP contribution >= 0.6 is 0 Å². The Bertz CT molecular complexity index is 632. The molecule has 0 saturated heterocycles. The van der Waals surface area contributed by atoms with E-state index >= 15 is 0 Å². The van der Waals surface area contributed by atoms with Gasteiger partial charge in [0.25, 0.3) is 0 Å². The zero-order chi connectivity index (χ0) is 14.9. The number of aromatic nitrogens is 3. The zero-order valence-corrected chi connectivity index (χ0v) is 12.4. The van der Waals surface area contributed by atoms with Crippen LogP contribution in [0, 0.1) is 13.8 Å². The van der Waals surface area contributed by atoms with Crippen LogP contribution in [0.25, 0.3) is 0 Å². The summed E-state index contributed by atoms with van der Waals surface area (Å²) in [7, 11) is 0. The minimum absolute atomic E-state index is 0.213. The minimum atomic E-state index is -0.268. The lowest BCUT2D eigenvalue weighted by molar-refractivity contribution is 0.294. The highest BCUT2D eigenvalue weighted by molar-refractivity contribution is 5.27. The van der Waals surface area contributed by atoms with Gasteiger partial charge in [0.2, 0.25) is 5.89 Å². The van der Waals surface area contributed by atoms with E-state index in [1.54, 1.807) is 19.1 Å². The molecule has 6 heteroatoms. The van der Waals surface area contributed by atoms with Crippen LogP contribution in [0.5, 0.6) is 5.75 Å². The van der Waals surface area contributed by atoms with Gasteiger partial charge in [-0.3, -0.25) is 10.3 Å². The summed E-state index contributed by atoms with van der Waals surface area (Å²) in [6.45, 7) is 4.20. The van der Waals surface area contributed by atoms with Crippen LogP contribution < -0.4 is 5.32 Å². The van der Waals surface area contributed by atoms with E-state index in [2.05, 4.69) is 20.4 Å². The second kappa shape index (κ2) is 5.44. The second-order valence-electron chi connectivity index (χ2n) is 5.70. The molecule has 0 aromatic carbocycles. The summed E-state index contributed by atoms with van der Waals surface area (Å²) >= 11 is 0. The molecule has 21 heavy (non-hydrogen) atoms. The maximum Gasteiger partial charge on any atom is 0.223 e. The first kappa shape index (κ1) is 14.0. The molecule has 2 heterocycles. The molecule has 1 saturated carbocycles. The predicted molar refractivity (Wildman–Crippen MR) is 76.7 cm³/mol. The highest BCUT2D eigenvalue weighted by atomic mass is 16.5. The minimum Gasteiger partial charge on any atom is -0.506 e. The number of rotatable bonds is 4. The van der Waals surface area contributed by atoms with Gasteiger partial charge in [0.15, 0.2) is 5.82 Å². The molecular formula is C15H20N4O2. The molecule has 0 radical (unpaired) electrons. The topological polar surface area (TPSA) is 84.1 Å². The van der Waals surface area contributed by atoms with Crippen molar-refractivity contribution in [2.24, 2.45) is 0 Å². The molecular weight excluding hydrogens is 268 g/mol. The van der Waals surface area contributed by atoms with Crippen molar-refractivity contribution < 1.29 is 9.63 Å². The normalized spacial score (nSPS) is 17.2. The third-order valence-corrected chi connectivity index (χ3v) is 4.10. The number of hydrogen-bond acceptors (Lipinski definition) is 6. The predicted octanol–water partition coefficient (Wildman–Crippen LogP) is 2.35. The molecule has 0 bridgehead atoms. The first-order chi connectivity index (χ1) is 10.1. The smallest absolute Gasteiger partial charge is 0.223 e. The maximum absolute atomic E-state index is 9.92. The van der Waals surface area contributed by atoms with Crippen LogP contribution in [0.4, 0.5) is 0 Å². The number of pyridine rings is 1. The fourth-order valence-electron chi connectivity index (χ4n) is 2.94. The largest absolute Gasteiger partial charge is 0.506 e. The van der Waals surface area contributed by atoms with Gasteiger partial charge >= 0.3 is 0 Å². The standard InChI is InChI=1S/C15H20N4O2/c1-10-5-6-13(20)12(17-10)9-16-15(7-3-4-8-15)14-18-11(2)21-19-14/h5-6,16,20H,3-4,7-9H2,1-2H3. The third-order valence-electron chi connectivity index (χ3n) is 4.10. The maximum atomic E-state index is 9.92. The molecule has 0 spiro atoms. The molecule has 2 aromatic rings. The van der Waals surface area contributed by atoms with E-state index in [0.717, 1.165) is 31.4 Å².